The number of nitrogens with zero attached hydrogens (tertiary/aromatic N) is 3. The molecule has 0 spiro atoms. The van der Waals surface area contributed by atoms with E-state index in [1.807, 2.05) is 11.6 Å². The zero-order chi connectivity index (χ0) is 13.9. The third kappa shape index (κ3) is 2.83. The molecule has 0 saturated carbocycles. The first-order valence-corrected chi connectivity index (χ1v) is 8.83. The van der Waals surface area contributed by atoms with Crippen LogP contribution in [-0.4, -0.2) is 31.2 Å². The fourth-order valence-electron chi connectivity index (χ4n) is 2.67. The average molecular weight is 352 g/mol. The molecule has 5 heteroatoms. The van der Waals surface area contributed by atoms with Crippen molar-refractivity contribution in [2.24, 2.45) is 0 Å². The summed E-state index contributed by atoms with van der Waals surface area (Å²) in [5.41, 5.74) is 4.07. The summed E-state index contributed by atoms with van der Waals surface area (Å²) in [6, 6.07) is 6.74. The number of piperazine rings is 1. The second-order valence-corrected chi connectivity index (χ2v) is 6.48. The summed E-state index contributed by atoms with van der Waals surface area (Å²) < 4.78 is 0. The highest BCUT2D eigenvalue weighted by atomic mass is 79.9. The van der Waals surface area contributed by atoms with E-state index in [0.717, 1.165) is 36.6 Å². The second kappa shape index (κ2) is 6.14. The van der Waals surface area contributed by atoms with Crippen molar-refractivity contribution < 1.29 is 0 Å². The maximum atomic E-state index is 4.40. The summed E-state index contributed by atoms with van der Waals surface area (Å²) in [5, 5.41) is 4.12. The number of hydrogen-bond acceptors (Lipinski definition) is 4. The van der Waals surface area contributed by atoms with Crippen molar-refractivity contribution in [1.82, 2.24) is 4.98 Å². The molecule has 2 aromatic rings. The highest BCUT2D eigenvalue weighted by Gasteiger charge is 2.19. The van der Waals surface area contributed by atoms with Gasteiger partial charge in [-0.1, -0.05) is 28.1 Å². The Balaban J connectivity index is 1.69. The third-order valence-corrected chi connectivity index (χ3v) is 5.21. The van der Waals surface area contributed by atoms with E-state index in [-0.39, 0.29) is 0 Å². The molecule has 1 aromatic carbocycles. The van der Waals surface area contributed by atoms with Crippen molar-refractivity contribution in [3.8, 4) is 0 Å². The number of alkyl halides is 1. The predicted octanol–water partition coefficient (Wildman–Crippen LogP) is 3.67. The van der Waals surface area contributed by atoms with Crippen molar-refractivity contribution in [1.29, 1.82) is 0 Å². The van der Waals surface area contributed by atoms with E-state index in [2.05, 4.69) is 55.8 Å². The van der Waals surface area contributed by atoms with Crippen LogP contribution in [0.1, 0.15) is 11.1 Å². The Morgan fingerprint density at radius 1 is 1.20 bits per heavy atom. The molecule has 2 heterocycles. The van der Waals surface area contributed by atoms with Gasteiger partial charge in [0, 0.05) is 48.8 Å². The van der Waals surface area contributed by atoms with Gasteiger partial charge in [-0.25, -0.2) is 4.98 Å². The van der Waals surface area contributed by atoms with E-state index in [9.17, 15) is 0 Å². The first-order valence-electron chi connectivity index (χ1n) is 6.83. The predicted molar refractivity (Wildman–Crippen MR) is 90.4 cm³/mol. The van der Waals surface area contributed by atoms with Crippen LogP contribution in [0.15, 0.2) is 29.8 Å². The number of halogens is 1. The van der Waals surface area contributed by atoms with E-state index >= 15 is 0 Å². The number of aryl methyl sites for hydroxylation is 1. The molecule has 1 fully saturated rings. The van der Waals surface area contributed by atoms with Gasteiger partial charge in [0.05, 0.1) is 0 Å². The van der Waals surface area contributed by atoms with Gasteiger partial charge in [0.25, 0.3) is 0 Å². The van der Waals surface area contributed by atoms with Crippen molar-refractivity contribution in [2.75, 3.05) is 36.0 Å². The van der Waals surface area contributed by atoms with Crippen LogP contribution in [0, 0.1) is 6.92 Å². The van der Waals surface area contributed by atoms with Crippen LogP contribution in [0.5, 0.6) is 0 Å². The van der Waals surface area contributed by atoms with Gasteiger partial charge in [0.1, 0.15) is 0 Å². The van der Waals surface area contributed by atoms with Crippen LogP contribution >= 0.6 is 27.3 Å². The fourth-order valence-corrected chi connectivity index (χ4v) is 3.71. The van der Waals surface area contributed by atoms with E-state index in [1.54, 1.807) is 11.3 Å². The minimum atomic E-state index is 0.923. The number of rotatable bonds is 3. The molecule has 0 atom stereocenters. The summed E-state index contributed by atoms with van der Waals surface area (Å²) in [6.45, 7) is 6.43. The Kier molecular flexibility index (Phi) is 4.27. The Morgan fingerprint density at radius 3 is 2.55 bits per heavy atom. The lowest BCUT2D eigenvalue weighted by Crippen LogP contribution is -2.46. The molecule has 1 aromatic heterocycles. The SMILES string of the molecule is Cc1cc(CBr)ccc1N1CCN(c2nccs2)CC1. The van der Waals surface area contributed by atoms with Crippen molar-refractivity contribution in [3.63, 3.8) is 0 Å². The number of thiazole rings is 1. The van der Waals surface area contributed by atoms with Crippen LogP contribution in [0.4, 0.5) is 10.8 Å². The van der Waals surface area contributed by atoms with E-state index in [0.29, 0.717) is 0 Å². The first kappa shape index (κ1) is 13.9. The average Bonchev–Trinajstić information content (AvgIpc) is 3.01. The summed E-state index contributed by atoms with van der Waals surface area (Å²) in [4.78, 5) is 9.26. The molecule has 0 amide bonds. The van der Waals surface area contributed by atoms with Gasteiger partial charge < -0.3 is 9.80 Å². The van der Waals surface area contributed by atoms with Crippen LogP contribution in [0.2, 0.25) is 0 Å². The number of hydrogen-bond donors (Lipinski definition) is 0. The molecule has 3 rings (SSSR count). The summed E-state index contributed by atoms with van der Waals surface area (Å²) in [7, 11) is 0. The molecule has 0 unspecified atom stereocenters. The molecular formula is C15H18BrN3S. The van der Waals surface area contributed by atoms with Crippen LogP contribution in [0.25, 0.3) is 0 Å². The minimum absolute atomic E-state index is 0.923. The molecule has 0 radical (unpaired) electrons. The van der Waals surface area contributed by atoms with Gasteiger partial charge in [-0.2, -0.15) is 0 Å². The lowest BCUT2D eigenvalue weighted by atomic mass is 10.1. The monoisotopic (exact) mass is 351 g/mol. The normalized spacial score (nSPS) is 15.7. The molecule has 106 valence electrons. The maximum Gasteiger partial charge on any atom is 0.185 e. The number of anilines is 2. The van der Waals surface area contributed by atoms with Crippen LogP contribution < -0.4 is 9.80 Å². The van der Waals surface area contributed by atoms with E-state index in [1.165, 1.54) is 16.8 Å². The lowest BCUT2D eigenvalue weighted by Gasteiger charge is -2.36. The highest BCUT2D eigenvalue weighted by molar-refractivity contribution is 9.08. The number of aromatic nitrogens is 1. The standard InChI is InChI=1S/C15H18BrN3S/c1-12-10-13(11-16)2-3-14(12)18-5-7-19(8-6-18)15-17-4-9-20-15/h2-4,9-10H,5-8,11H2,1H3. The zero-order valence-corrected chi connectivity index (χ0v) is 14.0. The topological polar surface area (TPSA) is 19.4 Å². The molecule has 1 aliphatic rings. The molecule has 1 aliphatic heterocycles. The Labute approximate surface area is 132 Å². The quantitative estimate of drug-likeness (QED) is 0.786. The van der Waals surface area contributed by atoms with E-state index < -0.39 is 0 Å². The summed E-state index contributed by atoms with van der Waals surface area (Å²) >= 11 is 5.24. The Bertz CT molecular complexity index is 563. The van der Waals surface area contributed by atoms with Crippen LogP contribution in [-0.2, 0) is 5.33 Å². The molecule has 3 nitrogen and oxygen atoms in total. The van der Waals surface area contributed by atoms with Gasteiger partial charge in [-0.05, 0) is 24.1 Å². The lowest BCUT2D eigenvalue weighted by molar-refractivity contribution is 0.651. The van der Waals surface area contributed by atoms with E-state index in [4.69, 9.17) is 0 Å². The molecular weight excluding hydrogens is 334 g/mol. The summed E-state index contributed by atoms with van der Waals surface area (Å²) in [6.07, 6.45) is 1.88. The summed E-state index contributed by atoms with van der Waals surface area (Å²) in [5.74, 6) is 0. The molecule has 1 saturated heterocycles. The molecule has 20 heavy (non-hydrogen) atoms. The Hall–Kier alpha value is -1.07. The fraction of sp³-hybridized carbons (Fsp3) is 0.400. The second-order valence-electron chi connectivity index (χ2n) is 5.04. The van der Waals surface area contributed by atoms with Gasteiger partial charge in [-0.15, -0.1) is 11.3 Å². The maximum absolute atomic E-state index is 4.40. The van der Waals surface area contributed by atoms with Crippen molar-refractivity contribution in [3.05, 3.63) is 40.9 Å². The minimum Gasteiger partial charge on any atom is -0.368 e. The van der Waals surface area contributed by atoms with Gasteiger partial charge in [0.2, 0.25) is 0 Å². The first-order chi connectivity index (χ1) is 9.78. The Morgan fingerprint density at radius 2 is 1.95 bits per heavy atom. The highest BCUT2D eigenvalue weighted by Crippen LogP contribution is 2.25. The zero-order valence-electron chi connectivity index (χ0n) is 11.6. The molecule has 0 aliphatic carbocycles. The van der Waals surface area contributed by atoms with Gasteiger partial charge in [-0.3, -0.25) is 0 Å². The molecule has 0 bridgehead atoms. The molecule has 0 N–H and O–H groups in total. The third-order valence-electron chi connectivity index (χ3n) is 3.73. The largest absolute Gasteiger partial charge is 0.368 e. The smallest absolute Gasteiger partial charge is 0.185 e. The number of benzene rings is 1. The van der Waals surface area contributed by atoms with Gasteiger partial charge >= 0.3 is 0 Å². The van der Waals surface area contributed by atoms with Crippen molar-refractivity contribution >= 4 is 38.1 Å². The van der Waals surface area contributed by atoms with Gasteiger partial charge in [0.15, 0.2) is 5.13 Å². The van der Waals surface area contributed by atoms with Crippen LogP contribution in [0.3, 0.4) is 0 Å². The van der Waals surface area contributed by atoms with Crippen molar-refractivity contribution in [2.45, 2.75) is 12.3 Å².